The maximum Gasteiger partial charge on any atom is 0.310 e. The van der Waals surface area contributed by atoms with Crippen molar-refractivity contribution in [2.24, 2.45) is 0 Å². The van der Waals surface area contributed by atoms with Gasteiger partial charge in [0.15, 0.2) is 11.7 Å². The number of ether oxygens (including phenoxy) is 1. The number of hydrogen-bond acceptors (Lipinski definition) is 9. The molecule has 0 radical (unpaired) electrons. The highest BCUT2D eigenvalue weighted by atomic mass is 79.9. The first-order valence-electron chi connectivity index (χ1n) is 8.80. The van der Waals surface area contributed by atoms with Crippen molar-refractivity contribution in [2.75, 3.05) is 11.9 Å². The molecule has 0 fully saturated rings. The number of anilines is 1. The first-order chi connectivity index (χ1) is 15.1. The summed E-state index contributed by atoms with van der Waals surface area (Å²) in [4.78, 5) is 37.6. The predicted octanol–water partition coefficient (Wildman–Crippen LogP) is 3.37. The normalized spacial score (nSPS) is 11.0. The molecule has 0 aliphatic rings. The number of carbonyl (C=O) groups is 2. The second kappa shape index (κ2) is 9.97. The number of hydrogen-bond donors (Lipinski definition) is 1. The van der Waals surface area contributed by atoms with Crippen LogP contribution in [0, 0.1) is 10.1 Å². The van der Waals surface area contributed by atoms with E-state index >= 15 is 0 Å². The topological polar surface area (TPSA) is 146 Å². The van der Waals surface area contributed by atoms with Gasteiger partial charge in [-0.2, -0.15) is 0 Å². The number of sulfone groups is 1. The number of benzene rings is 2. The predicted molar refractivity (Wildman–Crippen MR) is 118 cm³/mol. The molecule has 0 aliphatic heterocycles. The molecule has 0 bridgehead atoms. The zero-order valence-electron chi connectivity index (χ0n) is 16.1. The molecule has 0 atom stereocenters. The number of esters is 1. The number of nitro benzene ring substituents is 1. The molecular weight excluding hydrogens is 526 g/mol. The van der Waals surface area contributed by atoms with Crippen LogP contribution in [0.1, 0.15) is 5.56 Å². The summed E-state index contributed by atoms with van der Waals surface area (Å²) in [6.45, 7) is -0.556. The Balaban J connectivity index is 1.56. The summed E-state index contributed by atoms with van der Waals surface area (Å²) in [5.41, 5.74) is 0.482. The number of halogens is 1. The molecule has 1 N–H and O–H groups in total. The number of nitrogens with zero attached hydrogens (tertiary/aromatic N) is 2. The maximum atomic E-state index is 12.6. The van der Waals surface area contributed by atoms with Gasteiger partial charge in [-0.3, -0.25) is 25.0 Å². The van der Waals surface area contributed by atoms with Crippen LogP contribution in [0.3, 0.4) is 0 Å². The molecule has 13 heteroatoms. The fraction of sp³-hybridized carbons (Fsp3) is 0.105. The van der Waals surface area contributed by atoms with Crippen molar-refractivity contribution in [3.05, 3.63) is 74.9 Å². The van der Waals surface area contributed by atoms with Crippen molar-refractivity contribution < 1.29 is 27.7 Å². The van der Waals surface area contributed by atoms with Crippen LogP contribution >= 0.6 is 27.3 Å². The monoisotopic (exact) mass is 539 g/mol. The Morgan fingerprint density at radius 1 is 1.12 bits per heavy atom. The van der Waals surface area contributed by atoms with Crippen molar-refractivity contribution in [1.82, 2.24) is 4.98 Å². The fourth-order valence-electron chi connectivity index (χ4n) is 2.43. The van der Waals surface area contributed by atoms with Gasteiger partial charge < -0.3 is 4.74 Å². The summed E-state index contributed by atoms with van der Waals surface area (Å²) in [5.74, 6) is -1.27. The smallest absolute Gasteiger partial charge is 0.310 e. The Morgan fingerprint density at radius 2 is 1.78 bits per heavy atom. The molecule has 166 valence electrons. The molecule has 3 rings (SSSR count). The molecule has 1 heterocycles. The second-order valence-corrected chi connectivity index (χ2v) is 10.4. The zero-order chi connectivity index (χ0) is 23.3. The highest BCUT2D eigenvalue weighted by Gasteiger charge is 2.22. The Labute approximate surface area is 194 Å². The lowest BCUT2D eigenvalue weighted by Gasteiger charge is -2.05. The van der Waals surface area contributed by atoms with Crippen LogP contribution < -0.4 is 5.32 Å². The van der Waals surface area contributed by atoms with Crippen molar-refractivity contribution in [2.45, 2.75) is 15.5 Å². The fourth-order valence-corrected chi connectivity index (χ4v) is 5.14. The lowest BCUT2D eigenvalue weighted by atomic mass is 10.2. The Bertz CT molecular complexity index is 1260. The van der Waals surface area contributed by atoms with Gasteiger partial charge in [0.2, 0.25) is 9.84 Å². The molecule has 0 saturated heterocycles. The molecule has 2 aromatic carbocycles. The van der Waals surface area contributed by atoms with Gasteiger partial charge >= 0.3 is 5.97 Å². The van der Waals surface area contributed by atoms with E-state index < -0.39 is 33.2 Å². The first-order valence-corrected chi connectivity index (χ1v) is 11.9. The van der Waals surface area contributed by atoms with Gasteiger partial charge in [0.25, 0.3) is 11.6 Å². The number of non-ortho nitro benzene ring substituents is 1. The lowest BCUT2D eigenvalue weighted by molar-refractivity contribution is -0.384. The van der Waals surface area contributed by atoms with E-state index in [-0.39, 0.29) is 26.3 Å². The van der Waals surface area contributed by atoms with Gasteiger partial charge in [-0.25, -0.2) is 13.4 Å². The Hall–Kier alpha value is -3.16. The SMILES string of the molecule is O=C(COC(=O)Cc1ccc(Br)cc1)Nc1ncc(S(=O)(=O)c2ccc([N+](=O)[O-])cc2)s1. The van der Waals surface area contributed by atoms with Crippen LogP contribution in [0.2, 0.25) is 0 Å². The van der Waals surface area contributed by atoms with Crippen LogP contribution in [-0.2, 0) is 30.6 Å². The minimum Gasteiger partial charge on any atom is -0.455 e. The van der Waals surface area contributed by atoms with E-state index in [1.54, 1.807) is 24.3 Å². The zero-order valence-corrected chi connectivity index (χ0v) is 19.3. The highest BCUT2D eigenvalue weighted by Crippen LogP contribution is 2.29. The van der Waals surface area contributed by atoms with Crippen LogP contribution in [0.4, 0.5) is 10.8 Å². The summed E-state index contributed by atoms with van der Waals surface area (Å²) in [7, 11) is -3.97. The molecule has 0 unspecified atom stereocenters. The Morgan fingerprint density at radius 3 is 2.41 bits per heavy atom. The van der Waals surface area contributed by atoms with Gasteiger partial charge in [0.1, 0.15) is 4.21 Å². The van der Waals surface area contributed by atoms with E-state index in [2.05, 4.69) is 26.2 Å². The number of nitrogens with one attached hydrogen (secondary N) is 1. The van der Waals surface area contributed by atoms with Gasteiger partial charge in [0.05, 0.1) is 22.4 Å². The molecule has 0 spiro atoms. The van der Waals surface area contributed by atoms with Crippen molar-refractivity contribution in [3.8, 4) is 0 Å². The van der Waals surface area contributed by atoms with Crippen LogP contribution in [-0.4, -0.2) is 36.8 Å². The average Bonchev–Trinajstić information content (AvgIpc) is 3.23. The average molecular weight is 540 g/mol. The van der Waals surface area contributed by atoms with E-state index in [1.165, 1.54) is 0 Å². The van der Waals surface area contributed by atoms with E-state index in [4.69, 9.17) is 4.74 Å². The quantitative estimate of drug-likeness (QED) is 0.260. The minimum absolute atomic E-state index is 0.000514. The van der Waals surface area contributed by atoms with Crippen molar-refractivity contribution >= 4 is 59.8 Å². The molecular formula is C19H14BrN3O7S2. The van der Waals surface area contributed by atoms with E-state index in [0.717, 1.165) is 40.5 Å². The van der Waals surface area contributed by atoms with Crippen molar-refractivity contribution in [1.29, 1.82) is 0 Å². The number of nitro groups is 1. The van der Waals surface area contributed by atoms with Gasteiger partial charge in [-0.05, 0) is 29.8 Å². The summed E-state index contributed by atoms with van der Waals surface area (Å²) >= 11 is 3.99. The van der Waals surface area contributed by atoms with Gasteiger partial charge in [-0.1, -0.05) is 39.4 Å². The molecule has 1 aromatic heterocycles. The molecule has 0 saturated carbocycles. The third-order valence-corrected chi connectivity index (χ3v) is 7.65. The number of aromatic nitrogens is 1. The standard InChI is InChI=1S/C19H14BrN3O7S2/c20-13-3-1-12(2-4-13)9-17(25)30-11-16(24)22-19-21-10-18(31-19)32(28,29)15-7-5-14(6-8-15)23(26)27/h1-8,10H,9,11H2,(H,21,22,24). The summed E-state index contributed by atoms with van der Waals surface area (Å²) in [5, 5.41) is 13.1. The van der Waals surface area contributed by atoms with Gasteiger partial charge in [0, 0.05) is 16.6 Å². The van der Waals surface area contributed by atoms with E-state index in [0.29, 0.717) is 11.3 Å². The largest absolute Gasteiger partial charge is 0.455 e. The minimum atomic E-state index is -3.97. The molecule has 0 aliphatic carbocycles. The second-order valence-electron chi connectivity index (χ2n) is 6.25. The molecule has 10 nitrogen and oxygen atoms in total. The maximum absolute atomic E-state index is 12.6. The third-order valence-electron chi connectivity index (χ3n) is 3.98. The van der Waals surface area contributed by atoms with Crippen LogP contribution in [0.25, 0.3) is 0 Å². The highest BCUT2D eigenvalue weighted by molar-refractivity contribution is 9.10. The summed E-state index contributed by atoms with van der Waals surface area (Å²) < 4.78 is 30.9. The number of thiazole rings is 1. The third kappa shape index (κ3) is 5.96. The Kier molecular flexibility index (Phi) is 7.33. The molecule has 3 aromatic rings. The lowest BCUT2D eigenvalue weighted by Crippen LogP contribution is -2.21. The van der Waals surface area contributed by atoms with Crippen LogP contribution in [0.5, 0.6) is 0 Å². The van der Waals surface area contributed by atoms with Crippen molar-refractivity contribution in [3.63, 3.8) is 0 Å². The summed E-state index contributed by atoms with van der Waals surface area (Å²) in [6, 6.07) is 11.5. The van der Waals surface area contributed by atoms with E-state index in [1.807, 2.05) is 0 Å². The van der Waals surface area contributed by atoms with E-state index in [9.17, 15) is 28.1 Å². The molecule has 32 heavy (non-hydrogen) atoms. The number of carbonyl (C=O) groups excluding carboxylic acids is 2. The molecule has 1 amide bonds. The number of rotatable bonds is 8. The number of amides is 1. The van der Waals surface area contributed by atoms with Gasteiger partial charge in [-0.15, -0.1) is 0 Å². The first kappa shape index (κ1) is 23.5. The summed E-state index contributed by atoms with van der Waals surface area (Å²) in [6.07, 6.45) is 1.06. The van der Waals surface area contributed by atoms with Crippen LogP contribution in [0.15, 0.2) is 68.3 Å².